The number of nitriles is 1. The van der Waals surface area contributed by atoms with Gasteiger partial charge in [-0.05, 0) is 49.2 Å². The molecule has 1 atom stereocenters. The van der Waals surface area contributed by atoms with E-state index in [4.69, 9.17) is 31.2 Å². The van der Waals surface area contributed by atoms with Crippen LogP contribution < -0.4 is 10.5 Å². The maximum atomic E-state index is 12.6. The molecule has 0 amide bonds. The monoisotopic (exact) mass is 410 g/mol. The Morgan fingerprint density at radius 1 is 1.31 bits per heavy atom. The van der Waals surface area contributed by atoms with Gasteiger partial charge in [-0.15, -0.1) is 0 Å². The number of hydrogen-bond donors (Lipinski definition) is 1. The van der Waals surface area contributed by atoms with E-state index in [1.807, 2.05) is 13.0 Å². The number of ether oxygens (including phenoxy) is 2. The molecule has 0 radical (unpaired) electrons. The van der Waals surface area contributed by atoms with Crippen LogP contribution in [0.15, 0.2) is 57.5 Å². The molecule has 1 unspecified atom stereocenters. The lowest BCUT2D eigenvalue weighted by Crippen LogP contribution is -2.27. The highest BCUT2D eigenvalue weighted by Gasteiger charge is 2.39. The fraction of sp³-hybridized carbons (Fsp3) is 0.273. The Hall–Kier alpha value is -3.17. The topological polar surface area (TPSA) is 98.5 Å². The van der Waals surface area contributed by atoms with Gasteiger partial charge in [0, 0.05) is 23.4 Å². The lowest BCUT2D eigenvalue weighted by Gasteiger charge is -2.29. The average Bonchev–Trinajstić information content (AvgIpc) is 3.17. The molecule has 7 heteroatoms. The molecule has 2 aliphatic rings. The summed E-state index contributed by atoms with van der Waals surface area (Å²) in [6.45, 7) is 2.10. The third kappa shape index (κ3) is 3.62. The zero-order chi connectivity index (χ0) is 20.5. The Morgan fingerprint density at radius 3 is 2.90 bits per heavy atom. The van der Waals surface area contributed by atoms with Gasteiger partial charge in [0.05, 0.1) is 5.92 Å². The Kier molecular flexibility index (Phi) is 5.08. The maximum absolute atomic E-state index is 12.6. The number of nitrogens with zero attached hydrogens (tertiary/aromatic N) is 1. The van der Waals surface area contributed by atoms with E-state index in [0.717, 1.165) is 5.56 Å². The van der Waals surface area contributed by atoms with Gasteiger partial charge in [-0.3, -0.25) is 4.79 Å². The first-order valence-corrected chi connectivity index (χ1v) is 9.67. The molecule has 0 spiro atoms. The standard InChI is InChI=1S/C22H19ClN2O4/c1-12-9-13(5-7-16(12)23)27-11-14-6-8-19(28-14)20-15(10-24)22(25)29-18-4-2-3-17(26)21(18)20/h5-9,20H,2-4,11,25H2,1H3. The van der Waals surface area contributed by atoms with E-state index in [2.05, 4.69) is 6.07 Å². The van der Waals surface area contributed by atoms with Gasteiger partial charge in [0.25, 0.3) is 0 Å². The van der Waals surface area contributed by atoms with Crippen molar-refractivity contribution in [3.05, 3.63) is 75.2 Å². The number of ketones is 1. The van der Waals surface area contributed by atoms with Crippen LogP contribution in [0.25, 0.3) is 0 Å². The molecule has 1 aliphatic carbocycles. The minimum Gasteiger partial charge on any atom is -0.486 e. The van der Waals surface area contributed by atoms with Gasteiger partial charge >= 0.3 is 0 Å². The van der Waals surface area contributed by atoms with Gasteiger partial charge < -0.3 is 19.6 Å². The molecule has 2 N–H and O–H groups in total. The minimum atomic E-state index is -0.650. The molecule has 1 aromatic carbocycles. The van der Waals surface area contributed by atoms with Crippen molar-refractivity contribution in [2.24, 2.45) is 5.73 Å². The number of furan rings is 1. The summed E-state index contributed by atoms with van der Waals surface area (Å²) >= 11 is 6.04. The van der Waals surface area contributed by atoms with Crippen molar-refractivity contribution < 1.29 is 18.7 Å². The van der Waals surface area contributed by atoms with E-state index in [-0.39, 0.29) is 23.8 Å². The Balaban J connectivity index is 1.60. The highest BCUT2D eigenvalue weighted by atomic mass is 35.5. The minimum absolute atomic E-state index is 0.0248. The van der Waals surface area contributed by atoms with E-state index in [1.54, 1.807) is 24.3 Å². The summed E-state index contributed by atoms with van der Waals surface area (Å²) in [4.78, 5) is 12.6. The van der Waals surface area contributed by atoms with Crippen molar-refractivity contribution in [1.82, 2.24) is 0 Å². The predicted molar refractivity (Wildman–Crippen MR) is 106 cm³/mol. The van der Waals surface area contributed by atoms with Crippen molar-refractivity contribution in [3.8, 4) is 11.8 Å². The van der Waals surface area contributed by atoms with Crippen molar-refractivity contribution in [2.75, 3.05) is 0 Å². The summed E-state index contributed by atoms with van der Waals surface area (Å²) in [5, 5.41) is 10.3. The second-order valence-corrected chi connectivity index (χ2v) is 7.45. The summed E-state index contributed by atoms with van der Waals surface area (Å²) in [5.74, 6) is 1.59. The van der Waals surface area contributed by atoms with Gasteiger partial charge in [-0.2, -0.15) is 5.26 Å². The van der Waals surface area contributed by atoms with E-state index >= 15 is 0 Å². The molecule has 148 valence electrons. The number of carbonyl (C=O) groups excluding carboxylic acids is 1. The number of allylic oxidation sites excluding steroid dienone is 3. The lowest BCUT2D eigenvalue weighted by molar-refractivity contribution is -0.116. The van der Waals surface area contributed by atoms with Crippen molar-refractivity contribution in [3.63, 3.8) is 0 Å². The fourth-order valence-electron chi connectivity index (χ4n) is 3.63. The summed E-state index contributed by atoms with van der Waals surface area (Å²) in [6, 6.07) is 11.0. The Morgan fingerprint density at radius 2 is 2.14 bits per heavy atom. The Labute approximate surface area is 173 Å². The smallest absolute Gasteiger partial charge is 0.205 e. The summed E-state index contributed by atoms with van der Waals surface area (Å²) in [5.41, 5.74) is 7.53. The molecule has 6 nitrogen and oxygen atoms in total. The molecule has 2 aromatic rings. The molecular weight excluding hydrogens is 392 g/mol. The molecule has 0 bridgehead atoms. The number of aryl methyl sites for hydroxylation is 1. The van der Waals surface area contributed by atoms with Crippen LogP contribution in [-0.4, -0.2) is 5.78 Å². The third-order valence-corrected chi connectivity index (χ3v) is 5.51. The van der Waals surface area contributed by atoms with Gasteiger partial charge in [0.1, 0.15) is 41.3 Å². The SMILES string of the molecule is Cc1cc(OCc2ccc(C3C(C#N)=C(N)OC4=C3C(=O)CCC4)o2)ccc1Cl. The zero-order valence-electron chi connectivity index (χ0n) is 15.8. The molecule has 0 saturated carbocycles. The van der Waals surface area contributed by atoms with Gasteiger partial charge in [-0.25, -0.2) is 0 Å². The van der Waals surface area contributed by atoms with E-state index in [1.165, 1.54) is 0 Å². The summed E-state index contributed by atoms with van der Waals surface area (Å²) < 4.78 is 17.3. The summed E-state index contributed by atoms with van der Waals surface area (Å²) in [6.07, 6.45) is 1.74. The molecule has 1 aliphatic heterocycles. The third-order valence-electron chi connectivity index (χ3n) is 5.08. The second-order valence-electron chi connectivity index (χ2n) is 7.04. The van der Waals surface area contributed by atoms with Gasteiger partial charge in [0.15, 0.2) is 5.78 Å². The Bertz CT molecular complexity index is 1090. The highest BCUT2D eigenvalue weighted by Crippen LogP contribution is 2.43. The van der Waals surface area contributed by atoms with Crippen LogP contribution in [0.5, 0.6) is 5.75 Å². The first-order valence-electron chi connectivity index (χ1n) is 9.29. The van der Waals surface area contributed by atoms with Gasteiger partial charge in [-0.1, -0.05) is 11.6 Å². The molecule has 1 aromatic heterocycles. The first kappa shape index (κ1) is 19.2. The number of benzene rings is 1. The number of nitrogens with two attached hydrogens (primary N) is 1. The largest absolute Gasteiger partial charge is 0.486 e. The van der Waals surface area contributed by atoms with Crippen LogP contribution in [0.2, 0.25) is 5.02 Å². The number of hydrogen-bond acceptors (Lipinski definition) is 6. The van der Waals surface area contributed by atoms with Gasteiger partial charge in [0.2, 0.25) is 5.88 Å². The van der Waals surface area contributed by atoms with Crippen molar-refractivity contribution in [1.29, 1.82) is 5.26 Å². The molecule has 2 heterocycles. The molecule has 0 saturated heterocycles. The lowest BCUT2D eigenvalue weighted by atomic mass is 9.80. The number of rotatable bonds is 4. The van der Waals surface area contributed by atoms with Crippen LogP contribution in [0.4, 0.5) is 0 Å². The predicted octanol–water partition coefficient (Wildman–Crippen LogP) is 4.64. The van der Waals surface area contributed by atoms with Crippen LogP contribution in [0, 0.1) is 18.3 Å². The van der Waals surface area contributed by atoms with Crippen molar-refractivity contribution >= 4 is 17.4 Å². The zero-order valence-corrected chi connectivity index (χ0v) is 16.6. The molecule has 0 fully saturated rings. The highest BCUT2D eigenvalue weighted by molar-refractivity contribution is 6.31. The number of halogens is 1. The van der Waals surface area contributed by atoms with E-state index in [0.29, 0.717) is 52.9 Å². The van der Waals surface area contributed by atoms with Crippen LogP contribution in [0.3, 0.4) is 0 Å². The van der Waals surface area contributed by atoms with E-state index in [9.17, 15) is 10.1 Å². The second kappa shape index (κ2) is 7.69. The molecular formula is C22H19ClN2O4. The first-order chi connectivity index (χ1) is 14.0. The normalized spacial score (nSPS) is 18.9. The van der Waals surface area contributed by atoms with E-state index < -0.39 is 5.92 Å². The number of carbonyl (C=O) groups is 1. The van der Waals surface area contributed by atoms with Crippen LogP contribution >= 0.6 is 11.6 Å². The average molecular weight is 411 g/mol. The summed E-state index contributed by atoms with van der Waals surface area (Å²) in [7, 11) is 0. The molecule has 29 heavy (non-hydrogen) atoms. The van der Waals surface area contributed by atoms with Crippen LogP contribution in [-0.2, 0) is 16.1 Å². The van der Waals surface area contributed by atoms with Crippen molar-refractivity contribution in [2.45, 2.75) is 38.7 Å². The van der Waals surface area contributed by atoms with Crippen LogP contribution in [0.1, 0.15) is 42.3 Å². The quantitative estimate of drug-likeness (QED) is 0.788. The number of Topliss-reactive ketones (excluding diaryl/α,β-unsaturated/α-hetero) is 1. The maximum Gasteiger partial charge on any atom is 0.205 e. The molecule has 4 rings (SSSR count). The fourth-order valence-corrected chi connectivity index (χ4v) is 3.75.